The molecule has 0 aromatic heterocycles. The van der Waals surface area contributed by atoms with E-state index in [9.17, 15) is 18.0 Å². The number of hydrogen-bond donors (Lipinski definition) is 1. The second-order valence-electron chi connectivity index (χ2n) is 6.89. The molecule has 0 bridgehead atoms. The largest absolute Gasteiger partial charge is 0.495 e. The van der Waals surface area contributed by atoms with Gasteiger partial charge < -0.3 is 19.1 Å². The van der Waals surface area contributed by atoms with Crippen molar-refractivity contribution in [3.63, 3.8) is 0 Å². The summed E-state index contributed by atoms with van der Waals surface area (Å²) in [6.07, 6.45) is 0. The van der Waals surface area contributed by atoms with Gasteiger partial charge in [0.2, 0.25) is 10.0 Å². The van der Waals surface area contributed by atoms with E-state index in [-0.39, 0.29) is 28.7 Å². The molecule has 172 valence electrons. The van der Waals surface area contributed by atoms with Crippen molar-refractivity contribution in [2.24, 2.45) is 0 Å². The fourth-order valence-corrected chi connectivity index (χ4v) is 4.32. The van der Waals surface area contributed by atoms with Crippen LogP contribution >= 0.6 is 11.6 Å². The number of methoxy groups -OCH3 is 1. The molecule has 0 aliphatic carbocycles. The van der Waals surface area contributed by atoms with Gasteiger partial charge in [-0.2, -0.15) is 0 Å². The molecule has 2 aromatic rings. The molecule has 0 unspecified atom stereocenters. The topological polar surface area (TPSA) is 111 Å². The summed E-state index contributed by atoms with van der Waals surface area (Å²) in [5, 5.41) is 0.539. The molecule has 3 rings (SSSR count). The maximum absolute atomic E-state index is 12.9. The lowest BCUT2D eigenvalue weighted by atomic mass is 10.2. The smallest absolute Gasteiger partial charge is 0.338 e. The number of benzene rings is 2. The summed E-state index contributed by atoms with van der Waals surface area (Å²) in [6, 6.07) is 10.6. The number of rotatable bonds is 8. The number of amides is 1. The summed E-state index contributed by atoms with van der Waals surface area (Å²) < 4.78 is 43.6. The van der Waals surface area contributed by atoms with Crippen LogP contribution in [0.4, 0.5) is 0 Å². The molecule has 0 saturated carbocycles. The summed E-state index contributed by atoms with van der Waals surface area (Å²) in [5.74, 6) is -1.09. The Bertz CT molecular complexity index is 1070. The lowest BCUT2D eigenvalue weighted by Gasteiger charge is -2.26. The highest BCUT2D eigenvalue weighted by molar-refractivity contribution is 7.89. The van der Waals surface area contributed by atoms with Crippen LogP contribution in [0.3, 0.4) is 0 Å². The first-order valence-electron chi connectivity index (χ1n) is 9.75. The number of sulfonamides is 1. The number of esters is 1. The Balaban J connectivity index is 1.70. The van der Waals surface area contributed by atoms with E-state index in [1.165, 1.54) is 19.2 Å². The summed E-state index contributed by atoms with van der Waals surface area (Å²) in [4.78, 5) is 25.9. The number of carbonyl (C=O) groups excluding carboxylic acids is 2. The molecule has 1 heterocycles. The summed E-state index contributed by atoms with van der Waals surface area (Å²) in [7, 11) is -2.69. The van der Waals surface area contributed by atoms with E-state index in [1.807, 2.05) is 0 Å². The number of ether oxygens (including phenoxy) is 3. The quantitative estimate of drug-likeness (QED) is 0.571. The Hall–Kier alpha value is -2.66. The molecule has 0 radical (unpaired) electrons. The van der Waals surface area contributed by atoms with Crippen LogP contribution in [0.5, 0.6) is 5.75 Å². The van der Waals surface area contributed by atoms with Crippen LogP contribution in [0.1, 0.15) is 15.9 Å². The Labute approximate surface area is 191 Å². The molecular weight excluding hydrogens is 460 g/mol. The van der Waals surface area contributed by atoms with Gasteiger partial charge in [0.05, 0.1) is 25.9 Å². The van der Waals surface area contributed by atoms with Crippen LogP contribution in [0.25, 0.3) is 0 Å². The van der Waals surface area contributed by atoms with E-state index in [2.05, 4.69) is 4.72 Å². The molecular formula is C21H23ClN2O7S. The number of morpholine rings is 1. The third-order valence-electron chi connectivity index (χ3n) is 4.76. The van der Waals surface area contributed by atoms with Crippen molar-refractivity contribution in [3.05, 3.63) is 58.6 Å². The summed E-state index contributed by atoms with van der Waals surface area (Å²) >= 11 is 5.85. The van der Waals surface area contributed by atoms with Gasteiger partial charge >= 0.3 is 5.97 Å². The van der Waals surface area contributed by atoms with Gasteiger partial charge in [-0.25, -0.2) is 17.9 Å². The molecule has 2 aromatic carbocycles. The van der Waals surface area contributed by atoms with Crippen LogP contribution in [-0.2, 0) is 30.8 Å². The van der Waals surface area contributed by atoms with Crippen molar-refractivity contribution in [3.8, 4) is 5.75 Å². The van der Waals surface area contributed by atoms with Crippen LogP contribution < -0.4 is 9.46 Å². The van der Waals surface area contributed by atoms with Crippen molar-refractivity contribution in [1.82, 2.24) is 9.62 Å². The molecule has 1 N–H and O–H groups in total. The van der Waals surface area contributed by atoms with Crippen LogP contribution in [0.2, 0.25) is 5.02 Å². The van der Waals surface area contributed by atoms with Gasteiger partial charge in [-0.3, -0.25) is 4.79 Å². The van der Waals surface area contributed by atoms with Crippen molar-refractivity contribution in [2.45, 2.75) is 11.4 Å². The van der Waals surface area contributed by atoms with Gasteiger partial charge in [-0.1, -0.05) is 23.7 Å². The fraction of sp³-hybridized carbons (Fsp3) is 0.333. The van der Waals surface area contributed by atoms with E-state index in [1.54, 1.807) is 29.2 Å². The number of hydrogen-bond acceptors (Lipinski definition) is 7. The first kappa shape index (κ1) is 24.0. The first-order valence-corrected chi connectivity index (χ1v) is 11.6. The van der Waals surface area contributed by atoms with Gasteiger partial charge in [0.25, 0.3) is 5.91 Å². The van der Waals surface area contributed by atoms with E-state index in [0.717, 1.165) is 6.07 Å². The third kappa shape index (κ3) is 6.19. The average molecular weight is 483 g/mol. The molecule has 1 aliphatic rings. The predicted octanol–water partition coefficient (Wildman–Crippen LogP) is 1.84. The summed E-state index contributed by atoms with van der Waals surface area (Å²) in [5.41, 5.74) is 0.682. The van der Waals surface area contributed by atoms with E-state index < -0.39 is 22.6 Å². The standard InChI is InChI=1S/C21H23ClN2O7S/c1-29-18-7-4-16(21(26)31-14-20(25)24-8-10-30-11-9-24)12-19(18)32(27,28)23-13-15-2-5-17(22)6-3-15/h2-7,12,23H,8-11,13-14H2,1H3. The summed E-state index contributed by atoms with van der Waals surface area (Å²) in [6.45, 7) is 1.30. The predicted molar refractivity (Wildman–Crippen MR) is 116 cm³/mol. The molecule has 0 spiro atoms. The second-order valence-corrected chi connectivity index (χ2v) is 9.06. The SMILES string of the molecule is COc1ccc(C(=O)OCC(=O)N2CCOCC2)cc1S(=O)(=O)NCc1ccc(Cl)cc1. The maximum Gasteiger partial charge on any atom is 0.338 e. The lowest BCUT2D eigenvalue weighted by molar-refractivity contribution is -0.138. The van der Waals surface area contributed by atoms with Crippen LogP contribution in [0, 0.1) is 0 Å². The fourth-order valence-electron chi connectivity index (χ4n) is 2.99. The zero-order valence-electron chi connectivity index (χ0n) is 17.4. The minimum Gasteiger partial charge on any atom is -0.495 e. The lowest BCUT2D eigenvalue weighted by Crippen LogP contribution is -2.42. The molecule has 32 heavy (non-hydrogen) atoms. The molecule has 0 atom stereocenters. The van der Waals surface area contributed by atoms with Crippen LogP contribution in [0.15, 0.2) is 47.4 Å². The number of nitrogens with zero attached hydrogens (tertiary/aromatic N) is 1. The van der Waals surface area contributed by atoms with Gasteiger partial charge in [0.15, 0.2) is 6.61 Å². The van der Waals surface area contributed by atoms with Crippen molar-refractivity contribution < 1.29 is 32.2 Å². The van der Waals surface area contributed by atoms with Crippen LogP contribution in [-0.4, -0.2) is 65.2 Å². The molecule has 1 fully saturated rings. The van der Waals surface area contributed by atoms with Gasteiger partial charge in [-0.05, 0) is 35.9 Å². The number of halogens is 1. The zero-order valence-corrected chi connectivity index (χ0v) is 18.9. The Morgan fingerprint density at radius 1 is 1.12 bits per heavy atom. The van der Waals surface area contributed by atoms with Gasteiger partial charge in [-0.15, -0.1) is 0 Å². The second kappa shape index (κ2) is 10.8. The molecule has 1 saturated heterocycles. The van der Waals surface area contributed by atoms with Gasteiger partial charge in [0.1, 0.15) is 10.6 Å². The third-order valence-corrected chi connectivity index (χ3v) is 6.43. The van der Waals surface area contributed by atoms with Gasteiger partial charge in [0, 0.05) is 24.7 Å². The highest BCUT2D eigenvalue weighted by atomic mass is 35.5. The average Bonchev–Trinajstić information content (AvgIpc) is 2.82. The van der Waals surface area contributed by atoms with Crippen molar-refractivity contribution in [2.75, 3.05) is 40.0 Å². The highest BCUT2D eigenvalue weighted by Crippen LogP contribution is 2.25. The van der Waals surface area contributed by atoms with E-state index in [0.29, 0.717) is 36.9 Å². The van der Waals surface area contributed by atoms with E-state index >= 15 is 0 Å². The Morgan fingerprint density at radius 3 is 2.47 bits per heavy atom. The molecule has 9 nitrogen and oxygen atoms in total. The first-order chi connectivity index (χ1) is 15.3. The minimum atomic E-state index is -4.02. The normalized spacial score (nSPS) is 14.1. The number of nitrogens with one attached hydrogen (secondary N) is 1. The Kier molecular flexibility index (Phi) is 8.08. The monoisotopic (exact) mass is 482 g/mol. The van der Waals surface area contributed by atoms with Crippen molar-refractivity contribution in [1.29, 1.82) is 0 Å². The molecule has 1 amide bonds. The van der Waals surface area contributed by atoms with E-state index in [4.69, 9.17) is 25.8 Å². The molecule has 1 aliphatic heterocycles. The zero-order chi connectivity index (χ0) is 23.1. The Morgan fingerprint density at radius 2 is 1.81 bits per heavy atom. The minimum absolute atomic E-state index is 0.0192. The highest BCUT2D eigenvalue weighted by Gasteiger charge is 2.23. The molecule has 11 heteroatoms. The number of carbonyl (C=O) groups is 2. The maximum atomic E-state index is 12.9. The van der Waals surface area contributed by atoms with Crippen molar-refractivity contribution >= 4 is 33.5 Å².